The lowest BCUT2D eigenvalue weighted by molar-refractivity contribution is -0.142. The Balaban J connectivity index is 1.82. The molecule has 0 fully saturated rings. The number of methoxy groups -OCH3 is 1. The van der Waals surface area contributed by atoms with E-state index in [4.69, 9.17) is 4.74 Å². The van der Waals surface area contributed by atoms with Gasteiger partial charge < -0.3 is 10.1 Å². The van der Waals surface area contributed by atoms with E-state index in [0.29, 0.717) is 22.8 Å². The van der Waals surface area contributed by atoms with Crippen LogP contribution in [0.4, 0.5) is 8.78 Å². The Kier molecular flexibility index (Phi) is 5.35. The van der Waals surface area contributed by atoms with Crippen LogP contribution in [0.25, 0.3) is 11.0 Å². The number of carbonyl (C=O) groups excluding carboxylic acids is 2. The number of hydrogen-bond acceptors (Lipinski definition) is 5. The van der Waals surface area contributed by atoms with E-state index in [1.807, 2.05) is 6.07 Å². The predicted octanol–water partition coefficient (Wildman–Crippen LogP) is 2.42. The van der Waals surface area contributed by atoms with Gasteiger partial charge in [-0.1, -0.05) is 12.1 Å². The van der Waals surface area contributed by atoms with Crippen LogP contribution in [0.1, 0.15) is 16.1 Å². The average Bonchev–Trinajstić information content (AvgIpc) is 2.66. The highest BCUT2D eigenvalue weighted by Gasteiger charge is 2.25. The topological polar surface area (TPSA) is 81.2 Å². The van der Waals surface area contributed by atoms with Gasteiger partial charge in [-0.15, -0.1) is 0 Å². The Labute approximate surface area is 153 Å². The van der Waals surface area contributed by atoms with Gasteiger partial charge in [0, 0.05) is 18.7 Å². The number of nitrogens with one attached hydrogen (secondary N) is 1. The molecule has 1 heterocycles. The molecule has 6 nitrogen and oxygen atoms in total. The van der Waals surface area contributed by atoms with E-state index in [1.54, 1.807) is 18.2 Å². The van der Waals surface area contributed by atoms with E-state index < -0.39 is 29.6 Å². The lowest BCUT2D eigenvalue weighted by Crippen LogP contribution is -2.43. The zero-order valence-corrected chi connectivity index (χ0v) is 14.3. The molecule has 0 saturated heterocycles. The highest BCUT2D eigenvalue weighted by atomic mass is 19.1. The van der Waals surface area contributed by atoms with Crippen molar-refractivity contribution < 1.29 is 23.1 Å². The normalized spacial score (nSPS) is 11.8. The first-order valence-corrected chi connectivity index (χ1v) is 8.02. The van der Waals surface area contributed by atoms with Crippen LogP contribution in [0.15, 0.2) is 48.7 Å². The number of hydrogen-bond donors (Lipinski definition) is 1. The molecule has 0 saturated carbocycles. The molecular weight excluding hydrogens is 356 g/mol. The number of halogens is 2. The predicted molar refractivity (Wildman–Crippen MR) is 92.9 cm³/mol. The van der Waals surface area contributed by atoms with Crippen LogP contribution in [0.5, 0.6) is 0 Å². The Morgan fingerprint density at radius 2 is 1.89 bits per heavy atom. The van der Waals surface area contributed by atoms with Gasteiger partial charge in [-0.25, -0.2) is 18.6 Å². The van der Waals surface area contributed by atoms with Crippen LogP contribution in [-0.4, -0.2) is 35.0 Å². The van der Waals surface area contributed by atoms with Crippen LogP contribution < -0.4 is 5.32 Å². The molecule has 0 spiro atoms. The molecule has 8 heteroatoms. The molecule has 1 amide bonds. The van der Waals surface area contributed by atoms with E-state index in [2.05, 4.69) is 15.3 Å². The number of fused-ring (bicyclic) bond motifs is 1. The van der Waals surface area contributed by atoms with Crippen LogP contribution in [0.3, 0.4) is 0 Å². The Morgan fingerprint density at radius 1 is 1.15 bits per heavy atom. The number of rotatable bonds is 5. The van der Waals surface area contributed by atoms with E-state index in [1.165, 1.54) is 13.3 Å². The third kappa shape index (κ3) is 4.22. The summed E-state index contributed by atoms with van der Waals surface area (Å²) in [5.41, 5.74) is 1.39. The molecule has 0 bridgehead atoms. The highest BCUT2D eigenvalue weighted by molar-refractivity contribution is 5.97. The van der Waals surface area contributed by atoms with Crippen molar-refractivity contribution >= 4 is 22.9 Å². The maximum Gasteiger partial charge on any atom is 0.328 e. The molecule has 0 aliphatic heterocycles. The quantitative estimate of drug-likeness (QED) is 0.697. The lowest BCUT2D eigenvalue weighted by Gasteiger charge is -2.16. The summed E-state index contributed by atoms with van der Waals surface area (Å²) in [5.74, 6) is -3.42. The van der Waals surface area contributed by atoms with Crippen molar-refractivity contribution in [2.24, 2.45) is 0 Å². The molecule has 0 aliphatic rings. The van der Waals surface area contributed by atoms with Gasteiger partial charge in [0.05, 0.1) is 29.4 Å². The summed E-state index contributed by atoms with van der Waals surface area (Å²) in [6, 6.07) is 8.64. The summed E-state index contributed by atoms with van der Waals surface area (Å²) in [7, 11) is 1.17. The molecule has 1 N–H and O–H groups in total. The van der Waals surface area contributed by atoms with Crippen molar-refractivity contribution in [1.82, 2.24) is 15.3 Å². The zero-order chi connectivity index (χ0) is 19.4. The molecule has 0 aliphatic carbocycles. The fourth-order valence-corrected chi connectivity index (χ4v) is 2.55. The number of para-hydroxylation sites is 2. The molecule has 0 unspecified atom stereocenters. The van der Waals surface area contributed by atoms with Crippen molar-refractivity contribution in [1.29, 1.82) is 0 Å². The maximum atomic E-state index is 13.8. The van der Waals surface area contributed by atoms with Gasteiger partial charge in [-0.3, -0.25) is 9.78 Å². The van der Waals surface area contributed by atoms with Crippen molar-refractivity contribution in [2.45, 2.75) is 12.5 Å². The molecular formula is C19H15F2N3O3. The van der Waals surface area contributed by atoms with Crippen molar-refractivity contribution in [3.8, 4) is 0 Å². The van der Waals surface area contributed by atoms with Gasteiger partial charge in [-0.05, 0) is 24.3 Å². The van der Waals surface area contributed by atoms with Crippen LogP contribution in [0.2, 0.25) is 0 Å². The van der Waals surface area contributed by atoms with Crippen molar-refractivity contribution in [3.05, 3.63) is 71.6 Å². The summed E-state index contributed by atoms with van der Waals surface area (Å²) < 4.78 is 31.5. The molecule has 138 valence electrons. The first-order chi connectivity index (χ1) is 13.0. The first-order valence-electron chi connectivity index (χ1n) is 8.02. The molecule has 3 rings (SSSR count). The Morgan fingerprint density at radius 3 is 2.59 bits per heavy atom. The van der Waals surface area contributed by atoms with Crippen LogP contribution >= 0.6 is 0 Å². The summed E-state index contributed by atoms with van der Waals surface area (Å²) in [6.07, 6.45) is 1.49. The largest absolute Gasteiger partial charge is 0.467 e. The van der Waals surface area contributed by atoms with Crippen LogP contribution in [-0.2, 0) is 16.0 Å². The third-order valence-corrected chi connectivity index (χ3v) is 3.88. The van der Waals surface area contributed by atoms with E-state index in [-0.39, 0.29) is 12.0 Å². The fraction of sp³-hybridized carbons (Fsp3) is 0.158. The number of benzene rings is 2. The molecule has 0 radical (unpaired) electrons. The summed E-state index contributed by atoms with van der Waals surface area (Å²) >= 11 is 0. The second-order valence-electron chi connectivity index (χ2n) is 5.73. The minimum atomic E-state index is -1.11. The molecule has 3 aromatic rings. The number of aromatic nitrogens is 2. The average molecular weight is 371 g/mol. The minimum absolute atomic E-state index is 0.000931. The molecule has 27 heavy (non-hydrogen) atoms. The molecule has 1 aromatic heterocycles. The van der Waals surface area contributed by atoms with Gasteiger partial charge in [0.2, 0.25) is 0 Å². The number of amides is 1. The zero-order valence-electron chi connectivity index (χ0n) is 14.3. The van der Waals surface area contributed by atoms with E-state index >= 15 is 0 Å². The molecule has 2 aromatic carbocycles. The van der Waals surface area contributed by atoms with Gasteiger partial charge in [-0.2, -0.15) is 0 Å². The van der Waals surface area contributed by atoms with E-state index in [0.717, 1.165) is 12.1 Å². The fourth-order valence-electron chi connectivity index (χ4n) is 2.55. The van der Waals surface area contributed by atoms with Crippen molar-refractivity contribution in [2.75, 3.05) is 7.11 Å². The Bertz CT molecular complexity index is 1010. The summed E-state index contributed by atoms with van der Waals surface area (Å²) in [4.78, 5) is 33.0. The number of ether oxygens (including phenoxy) is 1. The SMILES string of the molecule is COC(=O)[C@H](Cc1cnc2ccccc2n1)NC(=O)c1ccc(F)cc1F. The smallest absolute Gasteiger partial charge is 0.328 e. The van der Waals surface area contributed by atoms with Crippen molar-refractivity contribution in [3.63, 3.8) is 0 Å². The van der Waals surface area contributed by atoms with Gasteiger partial charge >= 0.3 is 5.97 Å². The standard InChI is InChI=1S/C19H15F2N3O3/c1-27-19(26)17(24-18(25)13-7-6-11(20)8-14(13)21)9-12-10-22-15-4-2-3-5-16(15)23-12/h2-8,10,17H,9H2,1H3,(H,24,25)/t17-/m0/s1. The van der Waals surface area contributed by atoms with Gasteiger partial charge in [0.1, 0.15) is 17.7 Å². The first kappa shape index (κ1) is 18.4. The summed E-state index contributed by atoms with van der Waals surface area (Å²) in [6.45, 7) is 0. The molecule has 1 atom stereocenters. The van der Waals surface area contributed by atoms with E-state index in [9.17, 15) is 18.4 Å². The third-order valence-electron chi connectivity index (χ3n) is 3.88. The minimum Gasteiger partial charge on any atom is -0.467 e. The Hall–Kier alpha value is -3.42. The second kappa shape index (κ2) is 7.86. The maximum absolute atomic E-state index is 13.8. The van der Waals surface area contributed by atoms with Gasteiger partial charge in [0.15, 0.2) is 0 Å². The lowest BCUT2D eigenvalue weighted by atomic mass is 10.1. The second-order valence-corrected chi connectivity index (χ2v) is 5.73. The van der Waals surface area contributed by atoms with Gasteiger partial charge in [0.25, 0.3) is 5.91 Å². The highest BCUT2D eigenvalue weighted by Crippen LogP contribution is 2.12. The number of carbonyl (C=O) groups is 2. The number of esters is 1. The monoisotopic (exact) mass is 371 g/mol. The number of nitrogens with zero attached hydrogens (tertiary/aromatic N) is 2. The summed E-state index contributed by atoms with van der Waals surface area (Å²) in [5, 5.41) is 2.40. The van der Waals surface area contributed by atoms with Crippen LogP contribution in [0, 0.1) is 11.6 Å².